The lowest BCUT2D eigenvalue weighted by Gasteiger charge is -2.15. The minimum atomic E-state index is 0.405. The zero-order valence-corrected chi connectivity index (χ0v) is 16.0. The first kappa shape index (κ1) is 17.0. The molecule has 2 aromatic carbocycles. The van der Waals surface area contributed by atoms with Crippen molar-refractivity contribution < 1.29 is 0 Å². The quantitative estimate of drug-likeness (QED) is 0.393. The van der Waals surface area contributed by atoms with E-state index in [1.54, 1.807) is 25.0 Å². The summed E-state index contributed by atoms with van der Waals surface area (Å²) < 4.78 is 3.77. The molecular weight excluding hydrogens is 393 g/mol. The van der Waals surface area contributed by atoms with Crippen molar-refractivity contribution in [1.82, 2.24) is 24.1 Å². The fourth-order valence-corrected chi connectivity index (χ4v) is 3.71. The van der Waals surface area contributed by atoms with Crippen LogP contribution in [0.3, 0.4) is 0 Å². The van der Waals surface area contributed by atoms with Crippen LogP contribution < -0.4 is 0 Å². The van der Waals surface area contributed by atoms with Crippen molar-refractivity contribution >= 4 is 34.1 Å². The molecule has 0 aliphatic rings. The summed E-state index contributed by atoms with van der Waals surface area (Å²) in [4.78, 5) is 13.1. The van der Waals surface area contributed by atoms with Crippen molar-refractivity contribution in [2.75, 3.05) is 0 Å². The topological polar surface area (TPSA) is 48.5 Å². The molecule has 7 heteroatoms. The number of rotatable bonds is 3. The maximum Gasteiger partial charge on any atom is 0.0992 e. The van der Waals surface area contributed by atoms with E-state index in [-0.39, 0.29) is 0 Å². The summed E-state index contributed by atoms with van der Waals surface area (Å²) in [6, 6.07) is 14.0. The van der Waals surface area contributed by atoms with Crippen molar-refractivity contribution in [3.63, 3.8) is 0 Å². The van der Waals surface area contributed by atoms with Gasteiger partial charge in [0.1, 0.15) is 0 Å². The van der Waals surface area contributed by atoms with Crippen LogP contribution >= 0.6 is 23.2 Å². The Morgan fingerprint density at radius 2 is 1.43 bits per heavy atom. The molecule has 0 radical (unpaired) electrons. The van der Waals surface area contributed by atoms with Gasteiger partial charge in [-0.3, -0.25) is 0 Å². The van der Waals surface area contributed by atoms with Crippen LogP contribution in [-0.4, -0.2) is 24.1 Å². The summed E-state index contributed by atoms with van der Waals surface area (Å²) in [7, 11) is 0. The second kappa shape index (κ2) is 6.78. The highest BCUT2D eigenvalue weighted by molar-refractivity contribution is 6.46. The van der Waals surface area contributed by atoms with E-state index in [2.05, 4.69) is 9.97 Å². The molecule has 5 rings (SSSR count). The maximum absolute atomic E-state index is 6.69. The van der Waals surface area contributed by atoms with Crippen molar-refractivity contribution in [3.05, 3.63) is 90.0 Å². The number of halogens is 2. The molecule has 5 nitrogen and oxygen atoms in total. The molecule has 0 spiro atoms. The van der Waals surface area contributed by atoms with Crippen LogP contribution in [0.1, 0.15) is 0 Å². The van der Waals surface area contributed by atoms with E-state index in [1.165, 1.54) is 0 Å². The number of benzene rings is 2. The summed E-state index contributed by atoms with van der Waals surface area (Å²) in [5.41, 5.74) is 4.11. The fraction of sp³-hybridized carbons (Fsp3) is 0. The highest BCUT2D eigenvalue weighted by Crippen LogP contribution is 2.39. The van der Waals surface area contributed by atoms with E-state index < -0.39 is 0 Å². The minimum absolute atomic E-state index is 0.405. The summed E-state index contributed by atoms with van der Waals surface area (Å²) >= 11 is 13.3. The van der Waals surface area contributed by atoms with Gasteiger partial charge in [0, 0.05) is 35.7 Å². The van der Waals surface area contributed by atoms with Crippen molar-refractivity contribution in [2.45, 2.75) is 0 Å². The van der Waals surface area contributed by atoms with Gasteiger partial charge in [0.25, 0.3) is 0 Å². The standard InChI is InChI=1S/C21H13Cl2N5/c22-19-18(28-9-7-25-13-28)10-15-17(27-8-6-24-12-27)11-16(26-21(15)20(19)23)14-4-2-1-3-5-14/h1-13H. The van der Waals surface area contributed by atoms with Gasteiger partial charge in [-0.05, 0) is 12.1 Å². The second-order valence-electron chi connectivity index (χ2n) is 6.25. The summed E-state index contributed by atoms with van der Waals surface area (Å²) in [6.45, 7) is 0. The molecule has 3 aromatic heterocycles. The first-order chi connectivity index (χ1) is 13.7. The lowest BCUT2D eigenvalue weighted by molar-refractivity contribution is 1.05. The van der Waals surface area contributed by atoms with Gasteiger partial charge in [-0.15, -0.1) is 0 Å². The molecule has 3 heterocycles. The van der Waals surface area contributed by atoms with Crippen LogP contribution in [-0.2, 0) is 0 Å². The number of hydrogen-bond donors (Lipinski definition) is 0. The van der Waals surface area contributed by atoms with Crippen molar-refractivity contribution in [2.24, 2.45) is 0 Å². The highest BCUT2D eigenvalue weighted by atomic mass is 35.5. The minimum Gasteiger partial charge on any atom is -0.306 e. The van der Waals surface area contributed by atoms with Gasteiger partial charge in [0.15, 0.2) is 0 Å². The SMILES string of the molecule is Clc1c(-n2ccnc2)cc2c(-n3ccnc3)cc(-c3ccccc3)nc2c1Cl. The third-order valence-electron chi connectivity index (χ3n) is 4.58. The predicted octanol–water partition coefficient (Wildman–Crippen LogP) is 5.58. The van der Waals surface area contributed by atoms with Gasteiger partial charge in [-0.1, -0.05) is 53.5 Å². The Hall–Kier alpha value is -3.15. The number of nitrogens with zero attached hydrogens (tertiary/aromatic N) is 5. The number of pyridine rings is 1. The first-order valence-electron chi connectivity index (χ1n) is 8.57. The molecule has 0 unspecified atom stereocenters. The Labute approximate surface area is 170 Å². The zero-order valence-electron chi connectivity index (χ0n) is 14.5. The number of hydrogen-bond acceptors (Lipinski definition) is 3. The molecule has 0 fully saturated rings. The van der Waals surface area contributed by atoms with E-state index in [4.69, 9.17) is 28.2 Å². The van der Waals surface area contributed by atoms with Crippen molar-refractivity contribution in [1.29, 1.82) is 0 Å². The molecule has 0 bridgehead atoms. The summed E-state index contributed by atoms with van der Waals surface area (Å²) in [5.74, 6) is 0. The molecule has 5 aromatic rings. The molecule has 0 aliphatic carbocycles. The van der Waals surface area contributed by atoms with Crippen LogP contribution in [0, 0.1) is 0 Å². The molecule has 28 heavy (non-hydrogen) atoms. The molecule has 0 atom stereocenters. The van der Waals surface area contributed by atoms with Gasteiger partial charge in [0.05, 0.1) is 45.3 Å². The monoisotopic (exact) mass is 405 g/mol. The smallest absolute Gasteiger partial charge is 0.0992 e. The van der Waals surface area contributed by atoms with Crippen LogP contribution in [0.25, 0.3) is 33.5 Å². The predicted molar refractivity (Wildman–Crippen MR) is 111 cm³/mol. The summed E-state index contributed by atoms with van der Waals surface area (Å²) in [6.07, 6.45) is 10.6. The molecular formula is C21H13Cl2N5. The number of imidazole rings is 2. The average Bonchev–Trinajstić information content (AvgIpc) is 3.45. The van der Waals surface area contributed by atoms with Crippen molar-refractivity contribution in [3.8, 4) is 22.6 Å². The Kier molecular flexibility index (Phi) is 4.11. The molecule has 0 saturated heterocycles. The third-order valence-corrected chi connectivity index (χ3v) is 5.43. The van der Waals surface area contributed by atoms with Gasteiger partial charge < -0.3 is 9.13 Å². The Bertz CT molecular complexity index is 1260. The van der Waals surface area contributed by atoms with Gasteiger partial charge >= 0.3 is 0 Å². The van der Waals surface area contributed by atoms with E-state index in [0.29, 0.717) is 15.6 Å². The fourth-order valence-electron chi connectivity index (χ4n) is 3.23. The largest absolute Gasteiger partial charge is 0.306 e. The zero-order chi connectivity index (χ0) is 19.1. The second-order valence-corrected chi connectivity index (χ2v) is 7.01. The van der Waals surface area contributed by atoms with Crippen LogP contribution in [0.5, 0.6) is 0 Å². The van der Waals surface area contributed by atoms with Crippen LogP contribution in [0.15, 0.2) is 79.9 Å². The lowest BCUT2D eigenvalue weighted by Crippen LogP contribution is -2.00. The molecule has 0 aliphatic heterocycles. The van der Waals surface area contributed by atoms with E-state index in [1.807, 2.05) is 64.0 Å². The van der Waals surface area contributed by atoms with Gasteiger partial charge in [-0.2, -0.15) is 0 Å². The third kappa shape index (κ3) is 2.76. The molecule has 0 saturated carbocycles. The molecule has 0 amide bonds. The first-order valence-corrected chi connectivity index (χ1v) is 9.33. The number of aromatic nitrogens is 5. The van der Waals surface area contributed by atoms with Crippen LogP contribution in [0.4, 0.5) is 0 Å². The van der Waals surface area contributed by atoms with E-state index in [9.17, 15) is 0 Å². The highest BCUT2D eigenvalue weighted by Gasteiger charge is 2.18. The Morgan fingerprint density at radius 3 is 2.07 bits per heavy atom. The Morgan fingerprint density at radius 1 is 0.750 bits per heavy atom. The van der Waals surface area contributed by atoms with E-state index >= 15 is 0 Å². The molecule has 136 valence electrons. The summed E-state index contributed by atoms with van der Waals surface area (Å²) in [5, 5.41) is 1.71. The molecule has 0 N–H and O–H groups in total. The van der Waals surface area contributed by atoms with Crippen LogP contribution in [0.2, 0.25) is 10.0 Å². The normalized spacial score (nSPS) is 11.2. The Balaban J connectivity index is 1.87. The maximum atomic E-state index is 6.69. The van der Waals surface area contributed by atoms with E-state index in [0.717, 1.165) is 28.0 Å². The lowest BCUT2D eigenvalue weighted by atomic mass is 10.1. The van der Waals surface area contributed by atoms with Gasteiger partial charge in [0.2, 0.25) is 0 Å². The van der Waals surface area contributed by atoms with Gasteiger partial charge in [-0.25, -0.2) is 15.0 Å². The average molecular weight is 406 g/mol. The number of fused-ring (bicyclic) bond motifs is 1.